The molecule has 0 spiro atoms. The Hall–Kier alpha value is -2.50. The molecule has 1 amide bonds. The largest absolute Gasteiger partial charge is 0.367 e. The van der Waals surface area contributed by atoms with E-state index in [-0.39, 0.29) is 11.9 Å². The summed E-state index contributed by atoms with van der Waals surface area (Å²) in [5.41, 5.74) is 3.47. The summed E-state index contributed by atoms with van der Waals surface area (Å²) < 4.78 is 5.67. The van der Waals surface area contributed by atoms with Gasteiger partial charge in [-0.05, 0) is 36.0 Å². The van der Waals surface area contributed by atoms with Gasteiger partial charge in [-0.25, -0.2) is 4.98 Å². The average Bonchev–Trinajstić information content (AvgIpc) is 3.26. The maximum atomic E-state index is 13.7. The number of rotatable bonds is 6. The van der Waals surface area contributed by atoms with Gasteiger partial charge in [0.2, 0.25) is 0 Å². The van der Waals surface area contributed by atoms with Gasteiger partial charge in [-0.1, -0.05) is 54.6 Å². The van der Waals surface area contributed by atoms with Crippen LogP contribution >= 0.6 is 11.3 Å². The molecular formula is C23H24N2O2S. The van der Waals surface area contributed by atoms with Crippen molar-refractivity contribution < 1.29 is 9.53 Å². The summed E-state index contributed by atoms with van der Waals surface area (Å²) in [4.78, 5) is 20.1. The molecule has 0 N–H and O–H groups in total. The first-order chi connectivity index (χ1) is 13.8. The van der Waals surface area contributed by atoms with Crippen molar-refractivity contribution in [2.75, 3.05) is 7.11 Å². The molecule has 2 atom stereocenters. The van der Waals surface area contributed by atoms with Gasteiger partial charge in [0, 0.05) is 18.7 Å². The highest BCUT2D eigenvalue weighted by atomic mass is 32.1. The molecule has 0 fully saturated rings. The van der Waals surface area contributed by atoms with E-state index in [4.69, 9.17) is 4.74 Å². The van der Waals surface area contributed by atoms with Crippen LogP contribution in [0.15, 0.2) is 66.2 Å². The molecule has 0 radical (unpaired) electrons. The van der Waals surface area contributed by atoms with Crippen molar-refractivity contribution in [3.05, 3.63) is 87.9 Å². The first kappa shape index (κ1) is 18.8. The predicted octanol–water partition coefficient (Wildman–Crippen LogP) is 4.94. The van der Waals surface area contributed by atoms with E-state index in [9.17, 15) is 4.79 Å². The lowest BCUT2D eigenvalue weighted by atomic mass is 9.86. The van der Waals surface area contributed by atoms with Crippen molar-refractivity contribution >= 4 is 17.2 Å². The zero-order valence-corrected chi connectivity index (χ0v) is 16.8. The number of aromatic nitrogens is 1. The Morgan fingerprint density at radius 1 is 1.21 bits per heavy atom. The van der Waals surface area contributed by atoms with E-state index in [1.54, 1.807) is 24.6 Å². The quantitative estimate of drug-likeness (QED) is 0.597. The number of benzene rings is 2. The molecule has 0 saturated heterocycles. The molecule has 1 aliphatic carbocycles. The topological polar surface area (TPSA) is 42.4 Å². The minimum absolute atomic E-state index is 0.00870. The lowest BCUT2D eigenvalue weighted by Gasteiger charge is -2.37. The van der Waals surface area contributed by atoms with Crippen LogP contribution in [0.4, 0.5) is 0 Å². The van der Waals surface area contributed by atoms with E-state index in [1.165, 1.54) is 11.1 Å². The summed E-state index contributed by atoms with van der Waals surface area (Å²) in [7, 11) is 1.60. The molecule has 5 heteroatoms. The molecule has 1 heterocycles. The summed E-state index contributed by atoms with van der Waals surface area (Å²) in [6.07, 6.45) is 4.28. The van der Waals surface area contributed by atoms with Crippen LogP contribution in [0.1, 0.15) is 46.7 Å². The molecule has 4 nitrogen and oxygen atoms in total. The van der Waals surface area contributed by atoms with Crippen molar-refractivity contribution in [3.63, 3.8) is 0 Å². The number of hydrogen-bond acceptors (Lipinski definition) is 4. The lowest BCUT2D eigenvalue weighted by Crippen LogP contribution is -2.39. The van der Waals surface area contributed by atoms with Crippen LogP contribution in [-0.4, -0.2) is 22.9 Å². The summed E-state index contributed by atoms with van der Waals surface area (Å²) in [5.74, 6) is -0.00870. The van der Waals surface area contributed by atoms with Gasteiger partial charge in [0.05, 0.1) is 12.6 Å². The van der Waals surface area contributed by atoms with E-state index in [1.807, 2.05) is 40.6 Å². The molecule has 0 saturated carbocycles. The fraction of sp³-hybridized carbons (Fsp3) is 0.304. The number of carbonyl (C=O) groups is 1. The van der Waals surface area contributed by atoms with E-state index in [2.05, 4.69) is 29.2 Å². The van der Waals surface area contributed by atoms with E-state index < -0.39 is 6.10 Å². The first-order valence-electron chi connectivity index (χ1n) is 9.62. The van der Waals surface area contributed by atoms with E-state index in [0.717, 1.165) is 29.8 Å². The number of nitrogens with zero attached hydrogens (tertiary/aromatic N) is 2. The molecule has 2 aromatic carbocycles. The van der Waals surface area contributed by atoms with Gasteiger partial charge in [-0.3, -0.25) is 4.79 Å². The average molecular weight is 393 g/mol. The minimum Gasteiger partial charge on any atom is -0.367 e. The number of fused-ring (bicyclic) bond motifs is 1. The number of carbonyl (C=O) groups excluding carboxylic acids is 1. The molecule has 0 unspecified atom stereocenters. The molecule has 4 rings (SSSR count). The number of hydrogen-bond donors (Lipinski definition) is 0. The Kier molecular flexibility index (Phi) is 5.84. The Morgan fingerprint density at radius 2 is 2.00 bits per heavy atom. The molecular weight excluding hydrogens is 368 g/mol. The second kappa shape index (κ2) is 8.67. The van der Waals surface area contributed by atoms with Crippen LogP contribution < -0.4 is 0 Å². The van der Waals surface area contributed by atoms with Crippen LogP contribution in [0.2, 0.25) is 0 Å². The van der Waals surface area contributed by atoms with Crippen molar-refractivity contribution in [2.45, 2.75) is 38.0 Å². The number of thiazole rings is 1. The smallest absolute Gasteiger partial charge is 0.257 e. The zero-order valence-electron chi connectivity index (χ0n) is 16.0. The molecule has 3 aromatic rings. The number of amides is 1. The molecule has 1 aliphatic rings. The molecule has 1 aromatic heterocycles. The normalized spacial score (nSPS) is 17.0. The monoisotopic (exact) mass is 392 g/mol. The SMILES string of the molecule is CO[C@@H](C(=O)N(Cc1nccs1)[C@@H]1CCCc2ccccc21)c1ccccc1. The summed E-state index contributed by atoms with van der Waals surface area (Å²) in [5, 5.41) is 2.90. The third-order valence-electron chi connectivity index (χ3n) is 5.35. The predicted molar refractivity (Wildman–Crippen MR) is 111 cm³/mol. The highest BCUT2D eigenvalue weighted by molar-refractivity contribution is 7.09. The van der Waals surface area contributed by atoms with Gasteiger partial charge in [0.25, 0.3) is 5.91 Å². The Balaban J connectivity index is 1.71. The third-order valence-corrected chi connectivity index (χ3v) is 6.11. The maximum Gasteiger partial charge on any atom is 0.257 e. The number of ether oxygens (including phenoxy) is 1. The standard InChI is InChI=1S/C23H24N2O2S/c1-27-22(18-9-3-2-4-10-18)23(26)25(16-21-24-14-15-28-21)20-13-7-11-17-8-5-6-12-19(17)20/h2-6,8-10,12,14-15,20,22H,7,11,13,16H2,1H3/t20-,22-/m1/s1. The first-order valence-corrected chi connectivity index (χ1v) is 10.5. The number of methoxy groups -OCH3 is 1. The minimum atomic E-state index is -0.616. The van der Waals surface area contributed by atoms with Crippen LogP contribution in [-0.2, 0) is 22.5 Å². The van der Waals surface area contributed by atoms with Gasteiger partial charge in [-0.2, -0.15) is 0 Å². The fourth-order valence-corrected chi connectivity index (χ4v) is 4.64. The summed E-state index contributed by atoms with van der Waals surface area (Å²) in [6, 6.07) is 18.2. The van der Waals surface area contributed by atoms with Gasteiger partial charge in [-0.15, -0.1) is 11.3 Å². The van der Waals surface area contributed by atoms with Gasteiger partial charge in [0.1, 0.15) is 5.01 Å². The molecule has 0 aliphatic heterocycles. The van der Waals surface area contributed by atoms with Crippen LogP contribution in [0, 0.1) is 0 Å². The summed E-state index contributed by atoms with van der Waals surface area (Å²) >= 11 is 1.58. The Morgan fingerprint density at radius 3 is 2.75 bits per heavy atom. The van der Waals surface area contributed by atoms with Crippen LogP contribution in [0.25, 0.3) is 0 Å². The number of aryl methyl sites for hydroxylation is 1. The Labute approximate surface area is 169 Å². The fourth-order valence-electron chi connectivity index (χ4n) is 4.03. The van der Waals surface area contributed by atoms with Crippen molar-refractivity contribution in [3.8, 4) is 0 Å². The van der Waals surface area contributed by atoms with Gasteiger partial charge in [0.15, 0.2) is 6.10 Å². The second-order valence-electron chi connectivity index (χ2n) is 7.03. The van der Waals surface area contributed by atoms with Gasteiger partial charge >= 0.3 is 0 Å². The second-order valence-corrected chi connectivity index (χ2v) is 8.00. The molecule has 28 heavy (non-hydrogen) atoms. The van der Waals surface area contributed by atoms with Crippen molar-refractivity contribution in [1.82, 2.24) is 9.88 Å². The van der Waals surface area contributed by atoms with Crippen molar-refractivity contribution in [2.24, 2.45) is 0 Å². The lowest BCUT2D eigenvalue weighted by molar-refractivity contribution is -0.146. The zero-order chi connectivity index (χ0) is 19.3. The highest BCUT2D eigenvalue weighted by Crippen LogP contribution is 2.37. The highest BCUT2D eigenvalue weighted by Gasteiger charge is 2.34. The Bertz CT molecular complexity index is 911. The molecule has 144 valence electrons. The van der Waals surface area contributed by atoms with E-state index in [0.29, 0.717) is 6.54 Å². The van der Waals surface area contributed by atoms with Gasteiger partial charge < -0.3 is 9.64 Å². The van der Waals surface area contributed by atoms with Crippen molar-refractivity contribution in [1.29, 1.82) is 0 Å². The third kappa shape index (κ3) is 3.86. The van der Waals surface area contributed by atoms with Crippen LogP contribution in [0.3, 0.4) is 0 Å². The van der Waals surface area contributed by atoms with Crippen LogP contribution in [0.5, 0.6) is 0 Å². The molecule has 0 bridgehead atoms. The maximum absolute atomic E-state index is 13.7. The van der Waals surface area contributed by atoms with E-state index >= 15 is 0 Å². The summed E-state index contributed by atoms with van der Waals surface area (Å²) in [6.45, 7) is 0.502.